The fourth-order valence-electron chi connectivity index (χ4n) is 2.72. The summed E-state index contributed by atoms with van der Waals surface area (Å²) in [4.78, 5) is 1.31. The molecule has 1 aliphatic rings. The van der Waals surface area contributed by atoms with Gasteiger partial charge in [-0.1, -0.05) is 0 Å². The topological polar surface area (TPSA) is 15.3 Å². The van der Waals surface area contributed by atoms with Gasteiger partial charge in [-0.2, -0.15) is 26.3 Å². The Morgan fingerprint density at radius 3 is 2.12 bits per heavy atom. The third kappa shape index (κ3) is 5.49. The van der Waals surface area contributed by atoms with Gasteiger partial charge in [0.15, 0.2) is 0 Å². The highest BCUT2D eigenvalue weighted by Gasteiger charge is 2.41. The van der Waals surface area contributed by atoms with Gasteiger partial charge in [0, 0.05) is 32.2 Å². The number of piperazine rings is 1. The monoisotopic (exact) mass is 380 g/mol. The second kappa shape index (κ2) is 7.88. The molecule has 1 saturated heterocycles. The largest absolute Gasteiger partial charge is 0.416 e. The molecule has 0 bridgehead atoms. The third-order valence-corrected chi connectivity index (χ3v) is 3.70. The zero-order valence-electron chi connectivity index (χ0n) is 12.3. The lowest BCUT2D eigenvalue weighted by Crippen LogP contribution is -2.46. The van der Waals surface area contributed by atoms with Crippen LogP contribution in [0.5, 0.6) is 0 Å². The number of rotatable bonds is 3. The SMILES string of the molecule is Cl.Fc1ccc(C(F)(F)F)c([C@H](CC(F)(F)F)N2CCNCC2)c1. The molecule has 10 heteroatoms. The summed E-state index contributed by atoms with van der Waals surface area (Å²) in [7, 11) is 0. The molecule has 0 aromatic heterocycles. The van der Waals surface area contributed by atoms with E-state index in [0.29, 0.717) is 31.3 Å². The predicted octanol–water partition coefficient (Wildman–Crippen LogP) is 4.17. The Morgan fingerprint density at radius 2 is 1.62 bits per heavy atom. The van der Waals surface area contributed by atoms with Gasteiger partial charge in [0.1, 0.15) is 5.82 Å². The highest BCUT2D eigenvalue weighted by molar-refractivity contribution is 5.85. The first-order chi connectivity index (χ1) is 10.6. The fraction of sp³-hybridized carbons (Fsp3) is 0.571. The van der Waals surface area contributed by atoms with E-state index in [9.17, 15) is 30.7 Å². The van der Waals surface area contributed by atoms with Gasteiger partial charge in [0.2, 0.25) is 0 Å². The van der Waals surface area contributed by atoms with Gasteiger partial charge in [-0.15, -0.1) is 12.4 Å². The molecule has 138 valence electrons. The van der Waals surface area contributed by atoms with Crippen molar-refractivity contribution in [3.8, 4) is 0 Å². The van der Waals surface area contributed by atoms with Gasteiger partial charge >= 0.3 is 12.4 Å². The lowest BCUT2D eigenvalue weighted by molar-refractivity contribution is -0.153. The zero-order valence-corrected chi connectivity index (χ0v) is 13.2. The van der Waals surface area contributed by atoms with Crippen molar-refractivity contribution in [2.24, 2.45) is 0 Å². The molecule has 2 rings (SSSR count). The van der Waals surface area contributed by atoms with Crippen molar-refractivity contribution in [1.82, 2.24) is 10.2 Å². The van der Waals surface area contributed by atoms with Crippen LogP contribution in [0, 0.1) is 5.82 Å². The van der Waals surface area contributed by atoms with Crippen LogP contribution in [0.4, 0.5) is 30.7 Å². The van der Waals surface area contributed by atoms with Crippen LogP contribution < -0.4 is 5.32 Å². The molecule has 1 fully saturated rings. The second-order valence-electron chi connectivity index (χ2n) is 5.35. The molecule has 1 heterocycles. The Morgan fingerprint density at radius 1 is 1.04 bits per heavy atom. The quantitative estimate of drug-likeness (QED) is 0.792. The fourth-order valence-corrected chi connectivity index (χ4v) is 2.72. The summed E-state index contributed by atoms with van der Waals surface area (Å²) in [6.07, 6.45) is -11.0. The highest BCUT2D eigenvalue weighted by atomic mass is 35.5. The van der Waals surface area contributed by atoms with E-state index in [4.69, 9.17) is 0 Å². The normalized spacial score (nSPS) is 18.1. The Bertz CT molecular complexity index is 539. The van der Waals surface area contributed by atoms with E-state index in [1.165, 1.54) is 4.90 Å². The number of nitrogens with zero attached hydrogens (tertiary/aromatic N) is 1. The molecule has 0 unspecified atom stereocenters. The molecule has 0 aliphatic carbocycles. The van der Waals surface area contributed by atoms with E-state index in [1.54, 1.807) is 0 Å². The standard InChI is InChI=1S/C14H15F7N2.ClH/c15-9-1-2-11(14(19,20)21)10(7-9)12(8-13(16,17)18)23-5-3-22-4-6-23;/h1-2,7,12,22H,3-6,8H2;1H/t12-;/m0./s1. The van der Waals surface area contributed by atoms with E-state index < -0.39 is 41.8 Å². The van der Waals surface area contributed by atoms with Crippen LogP contribution in [0.3, 0.4) is 0 Å². The Labute approximate surface area is 140 Å². The van der Waals surface area contributed by atoms with Crippen LogP contribution in [0.15, 0.2) is 18.2 Å². The number of hydrogen-bond donors (Lipinski definition) is 1. The average Bonchev–Trinajstić information content (AvgIpc) is 2.43. The minimum absolute atomic E-state index is 0. The number of hydrogen-bond acceptors (Lipinski definition) is 2. The van der Waals surface area contributed by atoms with Gasteiger partial charge in [0.05, 0.1) is 12.0 Å². The Balaban J connectivity index is 0.00000288. The van der Waals surface area contributed by atoms with Crippen molar-refractivity contribution in [3.63, 3.8) is 0 Å². The zero-order chi connectivity index (χ0) is 17.3. The minimum atomic E-state index is -4.85. The molecule has 24 heavy (non-hydrogen) atoms. The van der Waals surface area contributed by atoms with Crippen LogP contribution in [0.2, 0.25) is 0 Å². The molecule has 1 atom stereocenters. The molecular formula is C14H16ClF7N2. The summed E-state index contributed by atoms with van der Waals surface area (Å²) >= 11 is 0. The second-order valence-corrected chi connectivity index (χ2v) is 5.35. The van der Waals surface area contributed by atoms with Gasteiger partial charge < -0.3 is 5.32 Å². The smallest absolute Gasteiger partial charge is 0.314 e. The maximum Gasteiger partial charge on any atom is 0.416 e. The lowest BCUT2D eigenvalue weighted by atomic mass is 9.95. The number of halogens is 8. The van der Waals surface area contributed by atoms with Crippen molar-refractivity contribution < 1.29 is 30.7 Å². The van der Waals surface area contributed by atoms with E-state index in [2.05, 4.69) is 5.32 Å². The van der Waals surface area contributed by atoms with Gasteiger partial charge in [-0.3, -0.25) is 4.90 Å². The maximum absolute atomic E-state index is 13.4. The van der Waals surface area contributed by atoms with Crippen molar-refractivity contribution >= 4 is 12.4 Å². The van der Waals surface area contributed by atoms with E-state index >= 15 is 0 Å². The summed E-state index contributed by atoms with van der Waals surface area (Å²) in [6.45, 7) is 1.05. The van der Waals surface area contributed by atoms with E-state index in [0.717, 1.165) is 0 Å². The molecule has 1 aliphatic heterocycles. The molecule has 1 aromatic rings. The minimum Gasteiger partial charge on any atom is -0.314 e. The number of nitrogens with one attached hydrogen (secondary N) is 1. The van der Waals surface area contributed by atoms with Crippen LogP contribution in [-0.4, -0.2) is 37.3 Å². The van der Waals surface area contributed by atoms with Gasteiger partial charge in [0.25, 0.3) is 0 Å². The first kappa shape index (κ1) is 21.0. The van der Waals surface area contributed by atoms with Crippen molar-refractivity contribution in [2.75, 3.05) is 26.2 Å². The van der Waals surface area contributed by atoms with Crippen molar-refractivity contribution in [1.29, 1.82) is 0 Å². The van der Waals surface area contributed by atoms with Crippen LogP contribution >= 0.6 is 12.4 Å². The summed E-state index contributed by atoms with van der Waals surface area (Å²) < 4.78 is 91.3. The molecule has 1 N–H and O–H groups in total. The predicted molar refractivity (Wildman–Crippen MR) is 76.5 cm³/mol. The molecule has 0 amide bonds. The summed E-state index contributed by atoms with van der Waals surface area (Å²) in [5, 5.41) is 2.92. The third-order valence-electron chi connectivity index (χ3n) is 3.70. The molecule has 0 radical (unpaired) electrons. The highest BCUT2D eigenvalue weighted by Crippen LogP contribution is 2.41. The Kier molecular flexibility index (Phi) is 6.89. The first-order valence-electron chi connectivity index (χ1n) is 6.96. The molecular weight excluding hydrogens is 365 g/mol. The van der Waals surface area contributed by atoms with Gasteiger partial charge in [-0.05, 0) is 23.8 Å². The van der Waals surface area contributed by atoms with Crippen LogP contribution in [0.25, 0.3) is 0 Å². The lowest BCUT2D eigenvalue weighted by Gasteiger charge is -2.36. The number of benzene rings is 1. The van der Waals surface area contributed by atoms with Crippen LogP contribution in [0.1, 0.15) is 23.6 Å². The number of alkyl halides is 6. The average molecular weight is 381 g/mol. The Hall–Kier alpha value is -1.06. The summed E-state index contributed by atoms with van der Waals surface area (Å²) in [5.74, 6) is -0.990. The molecule has 1 aromatic carbocycles. The van der Waals surface area contributed by atoms with Crippen LogP contribution in [-0.2, 0) is 6.18 Å². The summed E-state index contributed by atoms with van der Waals surface area (Å²) in [6, 6.07) is 0.0936. The summed E-state index contributed by atoms with van der Waals surface area (Å²) in [5.41, 5.74) is -1.90. The van der Waals surface area contributed by atoms with Crippen molar-refractivity contribution in [2.45, 2.75) is 24.8 Å². The maximum atomic E-state index is 13.4. The van der Waals surface area contributed by atoms with Gasteiger partial charge in [-0.25, -0.2) is 4.39 Å². The molecule has 0 saturated carbocycles. The van der Waals surface area contributed by atoms with Crippen molar-refractivity contribution in [3.05, 3.63) is 35.1 Å². The molecule has 0 spiro atoms. The van der Waals surface area contributed by atoms with E-state index in [-0.39, 0.29) is 25.5 Å². The molecule has 2 nitrogen and oxygen atoms in total. The first-order valence-corrected chi connectivity index (χ1v) is 6.96. The van der Waals surface area contributed by atoms with E-state index in [1.807, 2.05) is 0 Å².